The van der Waals surface area contributed by atoms with Crippen molar-refractivity contribution in [3.05, 3.63) is 72.3 Å². The number of rotatable bonds is 6. The van der Waals surface area contributed by atoms with Crippen LogP contribution in [0.3, 0.4) is 0 Å². The third kappa shape index (κ3) is 4.10. The predicted molar refractivity (Wildman–Crippen MR) is 101 cm³/mol. The van der Waals surface area contributed by atoms with E-state index in [1.165, 1.54) is 14.2 Å². The standard InChI is InChI=1S/C20H19N3O3/c1-25-18-13-12-17(20(23-18)26-2)19(24)22-16-10-8-15(9-11-16)21-14-6-4-3-5-7-14/h3-13,21H,1-2H3,(H,22,24). The maximum absolute atomic E-state index is 12.5. The zero-order chi connectivity index (χ0) is 18.4. The fraction of sp³-hybridized carbons (Fsp3) is 0.100. The van der Waals surface area contributed by atoms with Gasteiger partial charge in [0.25, 0.3) is 5.91 Å². The Bertz CT molecular complexity index is 881. The van der Waals surface area contributed by atoms with E-state index >= 15 is 0 Å². The van der Waals surface area contributed by atoms with E-state index in [0.717, 1.165) is 11.4 Å². The Morgan fingerprint density at radius 3 is 2.12 bits per heavy atom. The number of para-hydroxylation sites is 1. The average Bonchev–Trinajstić information content (AvgIpc) is 2.69. The first kappa shape index (κ1) is 17.3. The van der Waals surface area contributed by atoms with Gasteiger partial charge in [-0.1, -0.05) is 18.2 Å². The number of anilines is 3. The summed E-state index contributed by atoms with van der Waals surface area (Å²) in [6.07, 6.45) is 0. The molecule has 0 aliphatic rings. The second-order valence-corrected chi connectivity index (χ2v) is 5.43. The van der Waals surface area contributed by atoms with E-state index < -0.39 is 0 Å². The lowest BCUT2D eigenvalue weighted by Gasteiger charge is -2.11. The van der Waals surface area contributed by atoms with Crippen LogP contribution in [0.5, 0.6) is 11.8 Å². The van der Waals surface area contributed by atoms with E-state index in [1.54, 1.807) is 12.1 Å². The number of methoxy groups -OCH3 is 2. The second kappa shape index (κ2) is 8.02. The summed E-state index contributed by atoms with van der Waals surface area (Å²) >= 11 is 0. The van der Waals surface area contributed by atoms with Gasteiger partial charge in [-0.2, -0.15) is 4.98 Å². The number of carbonyl (C=O) groups excluding carboxylic acids is 1. The van der Waals surface area contributed by atoms with Crippen molar-refractivity contribution in [3.8, 4) is 11.8 Å². The van der Waals surface area contributed by atoms with Crippen LogP contribution in [0.4, 0.5) is 17.1 Å². The molecule has 0 bridgehead atoms. The first-order valence-corrected chi connectivity index (χ1v) is 8.02. The van der Waals surface area contributed by atoms with E-state index in [2.05, 4.69) is 15.6 Å². The largest absolute Gasteiger partial charge is 0.481 e. The van der Waals surface area contributed by atoms with Crippen molar-refractivity contribution in [1.29, 1.82) is 0 Å². The van der Waals surface area contributed by atoms with Gasteiger partial charge in [0.1, 0.15) is 5.56 Å². The third-order valence-corrected chi connectivity index (χ3v) is 3.69. The molecule has 2 aromatic carbocycles. The fourth-order valence-electron chi connectivity index (χ4n) is 2.39. The number of ether oxygens (including phenoxy) is 2. The number of pyridine rings is 1. The van der Waals surface area contributed by atoms with Gasteiger partial charge in [-0.05, 0) is 42.5 Å². The van der Waals surface area contributed by atoms with Gasteiger partial charge in [0.15, 0.2) is 0 Å². The molecule has 0 radical (unpaired) electrons. The van der Waals surface area contributed by atoms with Crippen LogP contribution in [0.25, 0.3) is 0 Å². The zero-order valence-electron chi connectivity index (χ0n) is 14.5. The van der Waals surface area contributed by atoms with Gasteiger partial charge in [-0.25, -0.2) is 0 Å². The van der Waals surface area contributed by atoms with Crippen LogP contribution >= 0.6 is 0 Å². The predicted octanol–water partition coefficient (Wildman–Crippen LogP) is 4.09. The number of aromatic nitrogens is 1. The van der Waals surface area contributed by atoms with Crippen molar-refractivity contribution >= 4 is 23.0 Å². The Labute approximate surface area is 151 Å². The van der Waals surface area contributed by atoms with E-state index in [0.29, 0.717) is 17.1 Å². The highest BCUT2D eigenvalue weighted by atomic mass is 16.5. The summed E-state index contributed by atoms with van der Waals surface area (Å²) in [5.41, 5.74) is 2.93. The molecule has 0 saturated heterocycles. The normalized spacial score (nSPS) is 10.1. The molecule has 3 rings (SSSR count). The number of nitrogens with one attached hydrogen (secondary N) is 2. The summed E-state index contributed by atoms with van der Waals surface area (Å²) in [5.74, 6) is 0.291. The quantitative estimate of drug-likeness (QED) is 0.701. The maximum Gasteiger partial charge on any atom is 0.261 e. The molecule has 1 amide bonds. The molecular weight excluding hydrogens is 330 g/mol. The summed E-state index contributed by atoms with van der Waals surface area (Å²) in [6.45, 7) is 0. The van der Waals surface area contributed by atoms with Crippen molar-refractivity contribution in [2.75, 3.05) is 24.9 Å². The molecule has 0 aliphatic carbocycles. The van der Waals surface area contributed by atoms with Crippen LogP contribution in [-0.4, -0.2) is 25.1 Å². The van der Waals surface area contributed by atoms with E-state index in [4.69, 9.17) is 9.47 Å². The first-order chi connectivity index (χ1) is 12.7. The Morgan fingerprint density at radius 1 is 0.808 bits per heavy atom. The lowest BCUT2D eigenvalue weighted by atomic mass is 10.2. The Morgan fingerprint density at radius 2 is 1.46 bits per heavy atom. The van der Waals surface area contributed by atoms with Crippen LogP contribution in [0.2, 0.25) is 0 Å². The highest BCUT2D eigenvalue weighted by molar-refractivity contribution is 6.05. The first-order valence-electron chi connectivity index (χ1n) is 8.02. The molecule has 0 spiro atoms. The van der Waals surface area contributed by atoms with Gasteiger partial charge in [-0.15, -0.1) is 0 Å². The number of amides is 1. The average molecular weight is 349 g/mol. The Kier molecular flexibility index (Phi) is 5.34. The Balaban J connectivity index is 1.70. The molecule has 0 unspecified atom stereocenters. The lowest BCUT2D eigenvalue weighted by molar-refractivity contribution is 0.102. The van der Waals surface area contributed by atoms with Crippen molar-refractivity contribution < 1.29 is 14.3 Å². The summed E-state index contributed by atoms with van der Waals surface area (Å²) in [7, 11) is 2.97. The number of carbonyl (C=O) groups is 1. The van der Waals surface area contributed by atoms with Crippen molar-refractivity contribution in [2.45, 2.75) is 0 Å². The zero-order valence-corrected chi connectivity index (χ0v) is 14.5. The number of hydrogen-bond donors (Lipinski definition) is 2. The minimum Gasteiger partial charge on any atom is -0.481 e. The molecule has 2 N–H and O–H groups in total. The van der Waals surface area contributed by atoms with Gasteiger partial charge >= 0.3 is 0 Å². The van der Waals surface area contributed by atoms with Crippen LogP contribution in [0.15, 0.2) is 66.7 Å². The van der Waals surface area contributed by atoms with Crippen molar-refractivity contribution in [1.82, 2.24) is 4.98 Å². The van der Waals surface area contributed by atoms with Gasteiger partial charge in [0.2, 0.25) is 11.8 Å². The molecular formula is C20H19N3O3. The van der Waals surface area contributed by atoms with Gasteiger partial charge in [0.05, 0.1) is 14.2 Å². The van der Waals surface area contributed by atoms with Crippen LogP contribution in [0.1, 0.15) is 10.4 Å². The minimum absolute atomic E-state index is 0.212. The summed E-state index contributed by atoms with van der Waals surface area (Å²) in [6, 6.07) is 20.5. The summed E-state index contributed by atoms with van der Waals surface area (Å²) in [5, 5.41) is 6.12. The van der Waals surface area contributed by atoms with Crippen molar-refractivity contribution in [2.24, 2.45) is 0 Å². The molecule has 6 nitrogen and oxygen atoms in total. The molecule has 0 atom stereocenters. The molecule has 0 aliphatic heterocycles. The van der Waals surface area contributed by atoms with E-state index in [-0.39, 0.29) is 11.8 Å². The van der Waals surface area contributed by atoms with Gasteiger partial charge < -0.3 is 20.1 Å². The molecule has 6 heteroatoms. The molecule has 132 valence electrons. The van der Waals surface area contributed by atoms with Crippen molar-refractivity contribution in [3.63, 3.8) is 0 Å². The smallest absolute Gasteiger partial charge is 0.261 e. The summed E-state index contributed by atoms with van der Waals surface area (Å²) < 4.78 is 10.2. The van der Waals surface area contributed by atoms with Crippen LogP contribution in [-0.2, 0) is 0 Å². The number of nitrogens with zero attached hydrogens (tertiary/aromatic N) is 1. The van der Waals surface area contributed by atoms with Crippen LogP contribution < -0.4 is 20.1 Å². The molecule has 0 fully saturated rings. The highest BCUT2D eigenvalue weighted by Gasteiger charge is 2.15. The monoisotopic (exact) mass is 349 g/mol. The molecule has 1 aromatic heterocycles. The minimum atomic E-state index is -0.305. The van der Waals surface area contributed by atoms with E-state index in [1.807, 2.05) is 54.6 Å². The summed E-state index contributed by atoms with van der Waals surface area (Å²) in [4.78, 5) is 16.6. The second-order valence-electron chi connectivity index (χ2n) is 5.43. The third-order valence-electron chi connectivity index (χ3n) is 3.69. The molecule has 1 heterocycles. The molecule has 0 saturated carbocycles. The fourth-order valence-corrected chi connectivity index (χ4v) is 2.39. The van der Waals surface area contributed by atoms with Crippen LogP contribution in [0, 0.1) is 0 Å². The Hall–Kier alpha value is -3.54. The van der Waals surface area contributed by atoms with Gasteiger partial charge in [-0.3, -0.25) is 4.79 Å². The highest BCUT2D eigenvalue weighted by Crippen LogP contribution is 2.22. The number of hydrogen-bond acceptors (Lipinski definition) is 5. The topological polar surface area (TPSA) is 72.5 Å². The maximum atomic E-state index is 12.5. The molecule has 3 aromatic rings. The SMILES string of the molecule is COc1ccc(C(=O)Nc2ccc(Nc3ccccc3)cc2)c(OC)n1. The molecule has 26 heavy (non-hydrogen) atoms. The number of benzene rings is 2. The van der Waals surface area contributed by atoms with E-state index in [9.17, 15) is 4.79 Å². The van der Waals surface area contributed by atoms with Gasteiger partial charge in [0, 0.05) is 23.1 Å². The lowest BCUT2D eigenvalue weighted by Crippen LogP contribution is -2.14.